The van der Waals surface area contributed by atoms with E-state index in [1.807, 2.05) is 30.3 Å². The van der Waals surface area contributed by atoms with Gasteiger partial charge in [0.2, 0.25) is 10.0 Å². The van der Waals surface area contributed by atoms with E-state index >= 15 is 0 Å². The van der Waals surface area contributed by atoms with Crippen LogP contribution in [0.3, 0.4) is 0 Å². The van der Waals surface area contributed by atoms with Gasteiger partial charge in [-0.25, -0.2) is 12.8 Å². The van der Waals surface area contributed by atoms with Crippen LogP contribution in [0.25, 0.3) is 0 Å². The average molecular weight is 696 g/mol. The summed E-state index contributed by atoms with van der Waals surface area (Å²) in [7, 11) is -3.84. The molecule has 2 aliphatic rings. The van der Waals surface area contributed by atoms with Gasteiger partial charge in [0.25, 0.3) is 0 Å². The molecule has 9 heteroatoms. The predicted molar refractivity (Wildman–Crippen MR) is 190 cm³/mol. The van der Waals surface area contributed by atoms with Crippen LogP contribution in [0.4, 0.5) is 4.39 Å². The number of nitrogens with zero attached hydrogens (tertiary/aromatic N) is 1. The lowest BCUT2D eigenvalue weighted by Gasteiger charge is -2.24. The molecular formula is C38H41Cl2FN2O3S. The molecule has 1 saturated carbocycles. The molecule has 0 aliphatic heterocycles. The van der Waals surface area contributed by atoms with Crippen molar-refractivity contribution in [1.29, 1.82) is 0 Å². The van der Waals surface area contributed by atoms with Crippen LogP contribution in [0.2, 0.25) is 0 Å². The fraction of sp³-hybridized carbons (Fsp3) is 0.316. The molecule has 0 spiro atoms. The van der Waals surface area contributed by atoms with Crippen LogP contribution in [0.15, 0.2) is 125 Å². The highest BCUT2D eigenvalue weighted by Gasteiger charge is 2.43. The summed E-state index contributed by atoms with van der Waals surface area (Å²) in [5.74, 6) is -0.509. The molecule has 0 radical (unpaired) electrons. The molecule has 248 valence electrons. The summed E-state index contributed by atoms with van der Waals surface area (Å²) in [4.78, 5) is 0. The molecule has 2 N–H and O–H groups in total. The Morgan fingerprint density at radius 2 is 1.60 bits per heavy atom. The number of benzene rings is 3. The minimum absolute atomic E-state index is 0.0648. The normalized spacial score (nSPS) is 17.8. The van der Waals surface area contributed by atoms with Crippen LogP contribution in [0, 0.1) is 5.82 Å². The number of aliphatic hydroxyl groups is 1. The Labute approximate surface area is 288 Å². The van der Waals surface area contributed by atoms with Gasteiger partial charge in [-0.1, -0.05) is 108 Å². The maximum Gasteiger partial charge on any atom is 0.218 e. The minimum Gasteiger partial charge on any atom is -0.384 e. The molecule has 3 aromatic rings. The second kappa shape index (κ2) is 15.9. The smallest absolute Gasteiger partial charge is 0.218 e. The molecule has 5 nitrogen and oxygen atoms in total. The summed E-state index contributed by atoms with van der Waals surface area (Å²) >= 11 is 12.5. The fourth-order valence-electron chi connectivity index (χ4n) is 5.54. The SMILES string of the molecule is CC(NC[C@@H](C1=CCCC=C1)c1ccccc1)c1ccc(CN(Cc2ccc(F)cc2)S(=O)(=O)C/C=C(Cl)\C=C(\Cl)C2(O)CC2)cc1. The first-order valence-electron chi connectivity index (χ1n) is 15.9. The molecule has 0 amide bonds. The maximum atomic E-state index is 13.6. The number of halogens is 3. The van der Waals surface area contributed by atoms with Crippen molar-refractivity contribution in [3.8, 4) is 0 Å². The molecule has 1 fully saturated rings. The van der Waals surface area contributed by atoms with Crippen molar-refractivity contribution < 1.29 is 17.9 Å². The van der Waals surface area contributed by atoms with Gasteiger partial charge in [-0.3, -0.25) is 0 Å². The molecule has 47 heavy (non-hydrogen) atoms. The van der Waals surface area contributed by atoms with Crippen molar-refractivity contribution in [2.24, 2.45) is 0 Å². The largest absolute Gasteiger partial charge is 0.384 e. The Morgan fingerprint density at radius 3 is 2.19 bits per heavy atom. The lowest BCUT2D eigenvalue weighted by atomic mass is 9.87. The Balaban J connectivity index is 1.28. The van der Waals surface area contributed by atoms with Gasteiger partial charge in [-0.05, 0) is 84.7 Å². The maximum absolute atomic E-state index is 13.6. The van der Waals surface area contributed by atoms with Crippen LogP contribution in [0.5, 0.6) is 0 Å². The molecule has 2 atom stereocenters. The van der Waals surface area contributed by atoms with Crippen molar-refractivity contribution in [1.82, 2.24) is 9.62 Å². The van der Waals surface area contributed by atoms with Gasteiger partial charge in [-0.2, -0.15) is 4.31 Å². The van der Waals surface area contributed by atoms with Gasteiger partial charge in [0.05, 0.1) is 10.8 Å². The first kappa shape index (κ1) is 35.3. The van der Waals surface area contributed by atoms with E-state index in [-0.39, 0.29) is 46.7 Å². The Bertz CT molecular complexity index is 1730. The highest BCUT2D eigenvalue weighted by Crippen LogP contribution is 2.44. The third kappa shape index (κ3) is 9.99. The van der Waals surface area contributed by atoms with Crippen LogP contribution < -0.4 is 5.32 Å². The first-order valence-corrected chi connectivity index (χ1v) is 18.3. The van der Waals surface area contributed by atoms with Crippen LogP contribution in [-0.4, -0.2) is 35.7 Å². The molecule has 5 rings (SSSR count). The summed E-state index contributed by atoms with van der Waals surface area (Å²) in [6.45, 7) is 3.10. The number of sulfonamides is 1. The summed E-state index contributed by atoms with van der Waals surface area (Å²) in [5, 5.41) is 14.2. The Hall–Kier alpha value is -3.04. The summed E-state index contributed by atoms with van der Waals surface area (Å²) in [6, 6.07) is 24.4. The number of nitrogens with one attached hydrogen (secondary N) is 1. The van der Waals surface area contributed by atoms with E-state index in [9.17, 15) is 17.9 Å². The highest BCUT2D eigenvalue weighted by molar-refractivity contribution is 7.89. The van der Waals surface area contributed by atoms with E-state index in [2.05, 4.69) is 54.7 Å². The van der Waals surface area contributed by atoms with Crippen molar-refractivity contribution in [3.63, 3.8) is 0 Å². The summed E-state index contributed by atoms with van der Waals surface area (Å²) < 4.78 is 42.2. The van der Waals surface area contributed by atoms with E-state index in [1.165, 1.54) is 39.7 Å². The average Bonchev–Trinajstić information content (AvgIpc) is 3.84. The van der Waals surface area contributed by atoms with Gasteiger partial charge >= 0.3 is 0 Å². The molecule has 0 bridgehead atoms. The van der Waals surface area contributed by atoms with Gasteiger partial charge in [0, 0.05) is 36.6 Å². The van der Waals surface area contributed by atoms with Crippen LogP contribution in [-0.2, 0) is 23.1 Å². The van der Waals surface area contributed by atoms with Gasteiger partial charge in [0.1, 0.15) is 11.4 Å². The molecule has 2 aliphatic carbocycles. The lowest BCUT2D eigenvalue weighted by molar-refractivity contribution is 0.197. The zero-order chi connectivity index (χ0) is 33.4. The standard InChI is InChI=1S/C38H41Cl2FN2O3S/c1-28(42-25-36(32-8-4-2-5-9-32)33-10-6-3-7-11-33)31-16-12-29(13-17-31)26-43(27-30-14-18-35(41)19-15-30)47(45,46)23-20-34(39)24-37(40)38(44)21-22-38/h2,4-6,8-20,24,28,36,42,44H,3,7,21-23,25-27H2,1H3/b34-20+,37-24+/t28?,36-/m1/s1. The Kier molecular flexibility index (Phi) is 11.9. The van der Waals surface area contributed by atoms with E-state index in [1.54, 1.807) is 12.1 Å². The third-order valence-corrected chi connectivity index (χ3v) is 11.0. The van der Waals surface area contributed by atoms with Crippen molar-refractivity contribution >= 4 is 33.2 Å². The summed E-state index contributed by atoms with van der Waals surface area (Å²) in [5.41, 5.74) is 4.12. The number of rotatable bonds is 15. The van der Waals surface area contributed by atoms with E-state index < -0.39 is 15.6 Å². The van der Waals surface area contributed by atoms with Crippen molar-refractivity contribution in [2.75, 3.05) is 12.3 Å². The predicted octanol–water partition coefficient (Wildman–Crippen LogP) is 8.64. The van der Waals surface area contributed by atoms with E-state index in [0.29, 0.717) is 18.4 Å². The number of hydrogen-bond acceptors (Lipinski definition) is 4. The van der Waals surface area contributed by atoms with Crippen molar-refractivity contribution in [2.45, 2.75) is 63.3 Å². The zero-order valence-electron chi connectivity index (χ0n) is 26.5. The summed E-state index contributed by atoms with van der Waals surface area (Å²) in [6.07, 6.45) is 12.8. The lowest BCUT2D eigenvalue weighted by Crippen LogP contribution is -2.32. The molecule has 3 aromatic carbocycles. The van der Waals surface area contributed by atoms with Gasteiger partial charge in [-0.15, -0.1) is 0 Å². The fourth-order valence-corrected chi connectivity index (χ4v) is 7.47. The van der Waals surface area contributed by atoms with Crippen LogP contribution >= 0.6 is 23.2 Å². The van der Waals surface area contributed by atoms with Gasteiger partial charge in [0.15, 0.2) is 0 Å². The second-order valence-corrected chi connectivity index (χ2v) is 15.2. The molecule has 0 aromatic heterocycles. The molecule has 0 heterocycles. The molecule has 1 unspecified atom stereocenters. The number of hydrogen-bond donors (Lipinski definition) is 2. The number of allylic oxidation sites excluding steroid dienone is 5. The van der Waals surface area contributed by atoms with Crippen molar-refractivity contribution in [3.05, 3.63) is 153 Å². The minimum atomic E-state index is -3.84. The second-order valence-electron chi connectivity index (χ2n) is 12.3. The Morgan fingerprint density at radius 1 is 0.957 bits per heavy atom. The third-order valence-electron chi connectivity index (χ3n) is 8.68. The van der Waals surface area contributed by atoms with E-state index in [0.717, 1.165) is 30.5 Å². The molecular weight excluding hydrogens is 654 g/mol. The quantitative estimate of drug-likeness (QED) is 0.156. The van der Waals surface area contributed by atoms with Crippen LogP contribution in [0.1, 0.15) is 66.8 Å². The van der Waals surface area contributed by atoms with Gasteiger partial charge < -0.3 is 10.4 Å². The molecule has 0 saturated heterocycles. The monoisotopic (exact) mass is 694 g/mol. The zero-order valence-corrected chi connectivity index (χ0v) is 28.8. The van der Waals surface area contributed by atoms with E-state index in [4.69, 9.17) is 23.2 Å². The highest BCUT2D eigenvalue weighted by atomic mass is 35.5. The topological polar surface area (TPSA) is 69.6 Å². The first-order chi connectivity index (χ1) is 22.5.